The quantitative estimate of drug-likeness (QED) is 0.175. The Balaban J connectivity index is 1.50. The second-order valence-corrected chi connectivity index (χ2v) is 12.5. The number of Topliss-reactive ketones (excluding diaryl/α,β-unsaturated/α-hetero) is 1. The highest BCUT2D eigenvalue weighted by Gasteiger charge is 2.49. The zero-order valence-electron chi connectivity index (χ0n) is 26.7. The fraction of sp³-hybridized carbons (Fsp3) is 0.314. The number of oxime groups is 1. The van der Waals surface area contributed by atoms with Gasteiger partial charge in [0.15, 0.2) is 12.4 Å². The van der Waals surface area contributed by atoms with Gasteiger partial charge in [0, 0.05) is 12.8 Å². The lowest BCUT2D eigenvalue weighted by Crippen LogP contribution is -2.55. The van der Waals surface area contributed by atoms with E-state index in [1.54, 1.807) is 30.3 Å². The number of rotatable bonds is 15. The topological polar surface area (TPSA) is 170 Å². The summed E-state index contributed by atoms with van der Waals surface area (Å²) in [7, 11) is 0. The maximum Gasteiger partial charge on any atom is 0.408 e. The molecule has 3 atom stereocenters. The number of amides is 2. The van der Waals surface area contributed by atoms with Crippen LogP contribution in [0.1, 0.15) is 48.2 Å². The van der Waals surface area contributed by atoms with Gasteiger partial charge >= 0.3 is 18.0 Å². The van der Waals surface area contributed by atoms with E-state index in [9.17, 15) is 29.1 Å². The molecule has 2 amide bonds. The minimum absolute atomic E-state index is 0.00368. The number of alkyl carbamates (subject to hydrolysis) is 1. The Morgan fingerprint density at radius 1 is 0.878 bits per heavy atom. The number of ketones is 1. The van der Waals surface area contributed by atoms with Crippen molar-refractivity contribution < 1.29 is 43.4 Å². The summed E-state index contributed by atoms with van der Waals surface area (Å²) in [4.78, 5) is 70.2. The minimum atomic E-state index is -1.72. The Hall–Kier alpha value is -4.94. The van der Waals surface area contributed by atoms with Gasteiger partial charge in [-0.05, 0) is 29.2 Å². The van der Waals surface area contributed by atoms with E-state index in [4.69, 9.17) is 37.5 Å². The smallest absolute Gasteiger partial charge is 0.408 e. The van der Waals surface area contributed by atoms with Gasteiger partial charge in [0.1, 0.15) is 12.6 Å². The Morgan fingerprint density at radius 2 is 1.49 bits per heavy atom. The summed E-state index contributed by atoms with van der Waals surface area (Å²) in [6, 6.07) is 20.1. The average Bonchev–Trinajstić information content (AvgIpc) is 3.50. The molecule has 258 valence electrons. The highest BCUT2D eigenvalue weighted by atomic mass is 35.5. The molecule has 0 bridgehead atoms. The SMILES string of the molecule is CC(C)[C@H](NC(=O)OCc1ccccc1)C1=NOC(Cc2ccccc2)(C(=O)N[C@@H](CC(=O)O)C(=O)COC(=O)c2c(Cl)cccc2Cl)C1. The number of hydrogen-bond donors (Lipinski definition) is 3. The van der Waals surface area contributed by atoms with E-state index in [-0.39, 0.29) is 41.0 Å². The van der Waals surface area contributed by atoms with Crippen LogP contribution in [0.25, 0.3) is 0 Å². The molecule has 0 fully saturated rings. The molecule has 0 saturated carbocycles. The molecule has 3 aromatic rings. The van der Waals surface area contributed by atoms with E-state index in [2.05, 4.69) is 15.8 Å². The Kier molecular flexibility index (Phi) is 12.8. The van der Waals surface area contributed by atoms with Gasteiger partial charge in [-0.25, -0.2) is 9.59 Å². The molecule has 0 aromatic heterocycles. The number of nitrogens with one attached hydrogen (secondary N) is 2. The number of halogens is 2. The summed E-state index contributed by atoms with van der Waals surface area (Å²) in [5, 5.41) is 19.1. The van der Waals surface area contributed by atoms with Crippen molar-refractivity contribution in [3.8, 4) is 0 Å². The highest BCUT2D eigenvalue weighted by Crippen LogP contribution is 2.32. The first-order valence-corrected chi connectivity index (χ1v) is 16.1. The second kappa shape index (κ2) is 16.9. The van der Waals surface area contributed by atoms with Crippen molar-refractivity contribution in [3.05, 3.63) is 106 Å². The highest BCUT2D eigenvalue weighted by molar-refractivity contribution is 6.39. The summed E-state index contributed by atoms with van der Waals surface area (Å²) in [5.41, 5.74) is -0.0631. The lowest BCUT2D eigenvalue weighted by molar-refractivity contribution is -0.148. The van der Waals surface area contributed by atoms with Crippen LogP contribution in [0.5, 0.6) is 0 Å². The Morgan fingerprint density at radius 3 is 2.08 bits per heavy atom. The molecule has 12 nitrogen and oxygen atoms in total. The van der Waals surface area contributed by atoms with Gasteiger partial charge < -0.3 is 30.1 Å². The van der Waals surface area contributed by atoms with E-state index >= 15 is 0 Å². The fourth-order valence-electron chi connectivity index (χ4n) is 5.13. The molecule has 0 radical (unpaired) electrons. The predicted molar refractivity (Wildman–Crippen MR) is 180 cm³/mol. The van der Waals surface area contributed by atoms with E-state index in [0.29, 0.717) is 11.3 Å². The van der Waals surface area contributed by atoms with Crippen LogP contribution in [-0.4, -0.2) is 64.8 Å². The van der Waals surface area contributed by atoms with Crippen LogP contribution < -0.4 is 10.6 Å². The number of ether oxygens (including phenoxy) is 2. The number of aliphatic carboxylic acids is 1. The van der Waals surface area contributed by atoms with Crippen LogP contribution in [0, 0.1) is 5.92 Å². The van der Waals surface area contributed by atoms with Crippen molar-refractivity contribution in [1.29, 1.82) is 0 Å². The zero-order chi connectivity index (χ0) is 35.6. The van der Waals surface area contributed by atoms with Crippen molar-refractivity contribution in [3.63, 3.8) is 0 Å². The van der Waals surface area contributed by atoms with Crippen molar-refractivity contribution in [2.24, 2.45) is 11.1 Å². The monoisotopic (exact) mass is 711 g/mol. The van der Waals surface area contributed by atoms with Crippen LogP contribution >= 0.6 is 23.2 Å². The van der Waals surface area contributed by atoms with E-state index < -0.39 is 60.4 Å². The van der Waals surface area contributed by atoms with E-state index in [0.717, 1.165) is 5.56 Å². The molecule has 3 N–H and O–H groups in total. The molecule has 1 aliphatic heterocycles. The van der Waals surface area contributed by atoms with Crippen LogP contribution in [0.2, 0.25) is 10.0 Å². The third kappa shape index (κ3) is 10.0. The maximum atomic E-state index is 14.0. The first-order valence-electron chi connectivity index (χ1n) is 15.3. The first kappa shape index (κ1) is 36.9. The fourth-order valence-corrected chi connectivity index (χ4v) is 5.68. The van der Waals surface area contributed by atoms with Crippen molar-refractivity contribution in [2.75, 3.05) is 6.61 Å². The standard InChI is InChI=1S/C35H35Cl2N3O9/c1-21(2)31(39-34(46)48-19-23-12-7-4-8-13-23)27-18-35(49-40-27,17-22-10-5-3-6-11-22)33(45)38-26(16-29(42)43)28(41)20-47-32(44)30-24(36)14-9-15-25(30)37/h3-15,21,26,31H,16-20H2,1-2H3,(H,38,45)(H,39,46)(H,42,43)/t26-,31-,35?/m0/s1. The summed E-state index contributed by atoms with van der Waals surface area (Å²) in [6.45, 7) is 2.86. The van der Waals surface area contributed by atoms with Gasteiger partial charge in [-0.15, -0.1) is 0 Å². The van der Waals surface area contributed by atoms with E-state index in [1.807, 2.05) is 44.2 Å². The molecule has 14 heteroatoms. The average molecular weight is 713 g/mol. The van der Waals surface area contributed by atoms with Crippen LogP contribution in [0.15, 0.2) is 84.0 Å². The Labute approximate surface area is 292 Å². The lowest BCUT2D eigenvalue weighted by Gasteiger charge is -2.29. The number of carboxylic acid groups (broad SMARTS) is 1. The third-order valence-electron chi connectivity index (χ3n) is 7.65. The third-order valence-corrected chi connectivity index (χ3v) is 8.28. The van der Waals surface area contributed by atoms with E-state index in [1.165, 1.54) is 18.2 Å². The molecule has 4 rings (SSSR count). The summed E-state index contributed by atoms with van der Waals surface area (Å²) in [5.74, 6) is -4.33. The molecule has 1 heterocycles. The molecule has 1 unspecified atom stereocenters. The number of nitrogens with zero attached hydrogens (tertiary/aromatic N) is 1. The molecule has 49 heavy (non-hydrogen) atoms. The minimum Gasteiger partial charge on any atom is -0.481 e. The first-order chi connectivity index (χ1) is 23.4. The van der Waals surface area contributed by atoms with Gasteiger partial charge in [-0.3, -0.25) is 14.4 Å². The van der Waals surface area contributed by atoms with Crippen LogP contribution in [0.3, 0.4) is 0 Å². The summed E-state index contributed by atoms with van der Waals surface area (Å²) < 4.78 is 10.5. The molecular formula is C35H35Cl2N3O9. The molecule has 0 saturated heterocycles. The zero-order valence-corrected chi connectivity index (χ0v) is 28.2. The molecule has 3 aromatic carbocycles. The molecule has 0 aliphatic carbocycles. The molecular weight excluding hydrogens is 677 g/mol. The van der Waals surface area contributed by atoms with Gasteiger partial charge in [-0.1, -0.05) is 109 Å². The number of carbonyl (C=O) groups is 5. The summed E-state index contributed by atoms with van der Waals surface area (Å²) >= 11 is 12.1. The number of hydrogen-bond acceptors (Lipinski definition) is 9. The van der Waals surface area contributed by atoms with Crippen LogP contribution in [0.4, 0.5) is 4.79 Å². The molecule has 0 spiro atoms. The number of esters is 1. The van der Waals surface area contributed by atoms with Gasteiger partial charge in [0.2, 0.25) is 5.60 Å². The normalized spacial score (nSPS) is 16.5. The predicted octanol–water partition coefficient (Wildman–Crippen LogP) is 5.39. The molecule has 1 aliphatic rings. The van der Waals surface area contributed by atoms with Gasteiger partial charge in [0.25, 0.3) is 5.91 Å². The maximum absolute atomic E-state index is 14.0. The number of benzene rings is 3. The number of carboxylic acids is 1. The number of carbonyl (C=O) groups excluding carboxylic acids is 4. The van der Waals surface area contributed by atoms with Crippen LogP contribution in [-0.2, 0) is 41.7 Å². The van der Waals surface area contributed by atoms with Crippen molar-refractivity contribution >= 4 is 58.6 Å². The van der Waals surface area contributed by atoms with Crippen molar-refractivity contribution in [2.45, 2.75) is 57.4 Å². The van der Waals surface area contributed by atoms with Gasteiger partial charge in [-0.2, -0.15) is 0 Å². The van der Waals surface area contributed by atoms with Crippen molar-refractivity contribution in [1.82, 2.24) is 10.6 Å². The Bertz CT molecular complexity index is 1680. The largest absolute Gasteiger partial charge is 0.481 e. The summed E-state index contributed by atoms with van der Waals surface area (Å²) in [6.07, 6.45) is -1.63. The van der Waals surface area contributed by atoms with Gasteiger partial charge in [0.05, 0.1) is 33.8 Å². The second-order valence-electron chi connectivity index (χ2n) is 11.7. The lowest BCUT2D eigenvalue weighted by atomic mass is 9.84.